The number of phenolic OH excluding ortho intramolecular Hbond substituents is 1. The minimum atomic E-state index is -0.832. The molecule has 1 spiro atoms. The molecule has 0 amide bonds. The Balaban J connectivity index is 0.00000130. The van der Waals surface area contributed by atoms with Gasteiger partial charge in [0.1, 0.15) is 6.10 Å². The molecular weight excluding hydrogens is 506 g/mol. The van der Waals surface area contributed by atoms with Crippen LogP contribution in [-0.4, -0.2) is 81.7 Å². The van der Waals surface area contributed by atoms with Crippen molar-refractivity contribution in [1.82, 2.24) is 9.80 Å². The Bertz CT molecular complexity index is 882. The van der Waals surface area contributed by atoms with Gasteiger partial charge in [-0.15, -0.1) is 48.0 Å². The molecule has 2 N–H and O–H groups in total. The van der Waals surface area contributed by atoms with Crippen LogP contribution in [0, 0.1) is 5.92 Å². The maximum atomic E-state index is 12.5. The number of hydrogen-bond acceptors (Lipinski definition) is 5. The largest absolute Gasteiger partial charge is 0.504 e. The van der Waals surface area contributed by atoms with E-state index in [1.807, 2.05) is 0 Å². The van der Waals surface area contributed by atoms with E-state index >= 15 is 0 Å². The third kappa shape index (κ3) is 3.60. The fourth-order valence-electron chi connectivity index (χ4n) is 7.49. The van der Waals surface area contributed by atoms with E-state index < -0.39 is 11.0 Å². The molecule has 0 aromatic heterocycles. The number of halogens is 4. The Morgan fingerprint density at radius 2 is 1.82 bits per heavy atom. The standard InChI is InChI=1S/C24H32Cl2N2O3.2ClH/c25-8-11-27(12-9-26)17-5-6-24(30)19-13-16-3-4-18(29)21-20(16)23(24,22(17)31-21)7-10-28(19)14-15-1-2-15;;/h3-4,15,17,19,22,29-30H,1-2,5-14H2;2*1H. The molecule has 2 bridgehead atoms. The van der Waals surface area contributed by atoms with Crippen molar-refractivity contribution in [3.05, 3.63) is 23.3 Å². The molecule has 1 aromatic rings. The van der Waals surface area contributed by atoms with Crippen LogP contribution >= 0.6 is 48.0 Å². The summed E-state index contributed by atoms with van der Waals surface area (Å²) in [5.41, 5.74) is 1.02. The molecule has 5 nitrogen and oxygen atoms in total. The highest BCUT2D eigenvalue weighted by Crippen LogP contribution is 2.66. The lowest BCUT2D eigenvalue weighted by atomic mass is 9.48. The maximum absolute atomic E-state index is 12.5. The molecule has 2 saturated carbocycles. The SMILES string of the molecule is Cl.Cl.Oc1ccc2c3c1OC1C(N(CCCl)CCCl)CCC4(O)C(C2)N(CC2CC2)CCC314. The molecular formula is C24H34Cl4N2O3. The average Bonchev–Trinajstić information content (AvgIpc) is 3.49. The zero-order chi connectivity index (χ0) is 21.4. The number of phenols is 1. The molecule has 2 heterocycles. The van der Waals surface area contributed by atoms with Crippen LogP contribution in [0.3, 0.4) is 0 Å². The van der Waals surface area contributed by atoms with Crippen molar-refractivity contribution >= 4 is 48.0 Å². The highest BCUT2D eigenvalue weighted by molar-refractivity contribution is 6.18. The van der Waals surface area contributed by atoms with Crippen molar-refractivity contribution in [3.63, 3.8) is 0 Å². The van der Waals surface area contributed by atoms with Gasteiger partial charge in [-0.25, -0.2) is 0 Å². The molecule has 5 atom stereocenters. The minimum absolute atomic E-state index is 0. The number of benzene rings is 1. The number of piperidine rings is 1. The summed E-state index contributed by atoms with van der Waals surface area (Å²) in [4.78, 5) is 4.92. The monoisotopic (exact) mass is 538 g/mol. The Morgan fingerprint density at radius 1 is 1.09 bits per heavy atom. The van der Waals surface area contributed by atoms with Crippen LogP contribution in [0.5, 0.6) is 11.5 Å². The van der Waals surface area contributed by atoms with Gasteiger partial charge in [0.15, 0.2) is 11.5 Å². The predicted molar refractivity (Wildman–Crippen MR) is 136 cm³/mol. The number of likely N-dealkylation sites (tertiary alicyclic amines) is 1. The molecule has 1 saturated heterocycles. The first kappa shape index (κ1) is 25.9. The molecule has 9 heteroatoms. The lowest BCUT2D eigenvalue weighted by molar-refractivity contribution is -0.200. The minimum Gasteiger partial charge on any atom is -0.504 e. The van der Waals surface area contributed by atoms with Gasteiger partial charge in [0.25, 0.3) is 0 Å². The number of nitrogens with zero attached hydrogens (tertiary/aromatic N) is 2. The van der Waals surface area contributed by atoms with Crippen LogP contribution in [0.25, 0.3) is 0 Å². The number of aliphatic hydroxyl groups is 1. The zero-order valence-electron chi connectivity index (χ0n) is 18.7. The van der Waals surface area contributed by atoms with Crippen molar-refractivity contribution in [1.29, 1.82) is 0 Å². The first-order valence-electron chi connectivity index (χ1n) is 11.9. The van der Waals surface area contributed by atoms with Gasteiger partial charge in [-0.2, -0.15) is 0 Å². The van der Waals surface area contributed by atoms with E-state index in [-0.39, 0.29) is 48.8 Å². The summed E-state index contributed by atoms with van der Waals surface area (Å²) in [7, 11) is 0. The summed E-state index contributed by atoms with van der Waals surface area (Å²) in [6, 6.07) is 4.09. The molecule has 5 aliphatic rings. The van der Waals surface area contributed by atoms with Crippen LogP contribution in [0.2, 0.25) is 0 Å². The van der Waals surface area contributed by atoms with E-state index in [2.05, 4.69) is 15.9 Å². The molecule has 3 aliphatic carbocycles. The lowest BCUT2D eigenvalue weighted by Crippen LogP contribution is -2.78. The second-order valence-corrected chi connectivity index (χ2v) is 11.1. The maximum Gasteiger partial charge on any atom is 0.165 e. The number of hydrogen-bond donors (Lipinski definition) is 2. The third-order valence-corrected chi connectivity index (χ3v) is 9.28. The van der Waals surface area contributed by atoms with E-state index in [1.165, 1.54) is 18.4 Å². The summed E-state index contributed by atoms with van der Waals surface area (Å²) in [5.74, 6) is 2.68. The number of aromatic hydroxyl groups is 1. The van der Waals surface area contributed by atoms with Crippen LogP contribution in [0.1, 0.15) is 43.2 Å². The first-order valence-corrected chi connectivity index (χ1v) is 12.9. The molecule has 1 aromatic carbocycles. The van der Waals surface area contributed by atoms with Crippen LogP contribution in [0.15, 0.2) is 12.1 Å². The van der Waals surface area contributed by atoms with E-state index in [0.717, 1.165) is 63.3 Å². The average molecular weight is 540 g/mol. The van der Waals surface area contributed by atoms with Gasteiger partial charge in [-0.1, -0.05) is 6.07 Å². The molecule has 186 valence electrons. The summed E-state index contributed by atoms with van der Waals surface area (Å²) in [6.45, 7) is 3.58. The van der Waals surface area contributed by atoms with Crippen molar-refractivity contribution in [2.24, 2.45) is 5.92 Å². The van der Waals surface area contributed by atoms with Gasteiger partial charge in [-0.3, -0.25) is 9.80 Å². The predicted octanol–water partition coefficient (Wildman–Crippen LogP) is 3.95. The van der Waals surface area contributed by atoms with Crippen molar-refractivity contribution in [2.75, 3.05) is 37.9 Å². The van der Waals surface area contributed by atoms with Gasteiger partial charge in [-0.05, 0) is 62.6 Å². The van der Waals surface area contributed by atoms with E-state index in [0.29, 0.717) is 17.5 Å². The Kier molecular flexibility index (Phi) is 7.38. The van der Waals surface area contributed by atoms with Gasteiger partial charge in [0.05, 0.1) is 11.0 Å². The molecule has 6 rings (SSSR count). The Hall–Kier alpha value is -0.140. The quantitative estimate of drug-likeness (QED) is 0.514. The van der Waals surface area contributed by atoms with Crippen LogP contribution < -0.4 is 4.74 Å². The van der Waals surface area contributed by atoms with Crippen molar-refractivity contribution < 1.29 is 14.9 Å². The van der Waals surface area contributed by atoms with E-state index in [9.17, 15) is 10.2 Å². The summed E-state index contributed by atoms with van der Waals surface area (Å²) in [6.07, 6.45) is 5.76. The van der Waals surface area contributed by atoms with Crippen molar-refractivity contribution in [3.8, 4) is 11.5 Å². The number of rotatable bonds is 7. The second-order valence-electron chi connectivity index (χ2n) is 10.3. The molecule has 33 heavy (non-hydrogen) atoms. The summed E-state index contributed by atoms with van der Waals surface area (Å²) in [5, 5.41) is 23.2. The Morgan fingerprint density at radius 3 is 2.48 bits per heavy atom. The van der Waals surface area contributed by atoms with Gasteiger partial charge in [0.2, 0.25) is 0 Å². The van der Waals surface area contributed by atoms with E-state index in [4.69, 9.17) is 27.9 Å². The number of ether oxygens (including phenoxy) is 1. The smallest absolute Gasteiger partial charge is 0.165 e. The van der Waals surface area contributed by atoms with E-state index in [1.54, 1.807) is 6.07 Å². The fourth-order valence-corrected chi connectivity index (χ4v) is 7.92. The second kappa shape index (κ2) is 9.38. The normalized spacial score (nSPS) is 35.9. The molecule has 5 unspecified atom stereocenters. The number of alkyl halides is 2. The topological polar surface area (TPSA) is 56.2 Å². The molecule has 3 fully saturated rings. The Labute approximate surface area is 218 Å². The third-order valence-electron chi connectivity index (χ3n) is 8.94. The summed E-state index contributed by atoms with van der Waals surface area (Å²) < 4.78 is 6.63. The van der Waals surface area contributed by atoms with Gasteiger partial charge >= 0.3 is 0 Å². The van der Waals surface area contributed by atoms with Crippen molar-refractivity contribution in [2.45, 2.75) is 67.7 Å². The van der Waals surface area contributed by atoms with Crippen LogP contribution in [-0.2, 0) is 11.8 Å². The van der Waals surface area contributed by atoms with Gasteiger partial charge in [0, 0.05) is 49.0 Å². The van der Waals surface area contributed by atoms with Crippen LogP contribution in [0.4, 0.5) is 0 Å². The first-order chi connectivity index (χ1) is 15.0. The lowest BCUT2D eigenvalue weighted by Gasteiger charge is -2.65. The zero-order valence-corrected chi connectivity index (χ0v) is 21.9. The summed E-state index contributed by atoms with van der Waals surface area (Å²) >= 11 is 12.3. The van der Waals surface area contributed by atoms with Gasteiger partial charge < -0.3 is 14.9 Å². The fraction of sp³-hybridized carbons (Fsp3) is 0.750. The highest BCUT2D eigenvalue weighted by atomic mass is 35.5. The molecule has 0 radical (unpaired) electrons. The molecule has 2 aliphatic heterocycles. The highest BCUT2D eigenvalue weighted by Gasteiger charge is 2.73.